The molecule has 0 aliphatic carbocycles. The summed E-state index contributed by atoms with van der Waals surface area (Å²) in [5.74, 6) is -0.252. The molecule has 2 aromatic heterocycles. The number of rotatable bonds is 4. The molecule has 0 aliphatic rings. The van der Waals surface area contributed by atoms with E-state index in [1.165, 1.54) is 0 Å². The van der Waals surface area contributed by atoms with E-state index in [0.29, 0.717) is 5.76 Å². The molecule has 0 saturated carbocycles. The number of hydrogen-bond acceptors (Lipinski definition) is 4. The van der Waals surface area contributed by atoms with Crippen LogP contribution in [0.3, 0.4) is 0 Å². The lowest BCUT2D eigenvalue weighted by Gasteiger charge is -2.25. The molecular formula is C18H18N2O3. The van der Waals surface area contributed by atoms with Crippen LogP contribution in [0.15, 0.2) is 47.1 Å². The highest BCUT2D eigenvalue weighted by atomic mass is 16.4. The Hall–Kier alpha value is -2.82. The molecule has 118 valence electrons. The van der Waals surface area contributed by atoms with Crippen molar-refractivity contribution in [2.45, 2.75) is 19.9 Å². The van der Waals surface area contributed by atoms with Crippen LogP contribution in [0.4, 0.5) is 5.69 Å². The number of furan rings is 1. The summed E-state index contributed by atoms with van der Waals surface area (Å²) < 4.78 is 5.52. The Morgan fingerprint density at radius 2 is 2.04 bits per heavy atom. The van der Waals surface area contributed by atoms with E-state index in [4.69, 9.17) is 14.5 Å². The maximum absolute atomic E-state index is 11.2. The summed E-state index contributed by atoms with van der Waals surface area (Å²) in [7, 11) is 1.99. The van der Waals surface area contributed by atoms with Crippen molar-refractivity contribution in [2.75, 3.05) is 11.9 Å². The van der Waals surface area contributed by atoms with Crippen LogP contribution in [0.1, 0.15) is 24.2 Å². The van der Waals surface area contributed by atoms with Crippen LogP contribution in [-0.4, -0.2) is 29.1 Å². The third kappa shape index (κ3) is 2.77. The number of nitrogens with zero attached hydrogens (tertiary/aromatic N) is 2. The highest BCUT2D eigenvalue weighted by Gasteiger charge is 2.17. The molecule has 3 rings (SSSR count). The van der Waals surface area contributed by atoms with Gasteiger partial charge in [-0.3, -0.25) is 0 Å². The smallest absolute Gasteiger partial charge is 0.335 e. The minimum atomic E-state index is -0.944. The van der Waals surface area contributed by atoms with E-state index in [1.807, 2.05) is 25.2 Å². The third-order valence-corrected chi connectivity index (χ3v) is 3.95. The summed E-state index contributed by atoms with van der Waals surface area (Å²) in [5, 5.41) is 9.96. The molecule has 23 heavy (non-hydrogen) atoms. The second-order valence-electron chi connectivity index (χ2n) is 5.75. The predicted molar refractivity (Wildman–Crippen MR) is 89.9 cm³/mol. The first kappa shape index (κ1) is 15.1. The molecule has 0 spiro atoms. The zero-order chi connectivity index (χ0) is 16.6. The number of carbonyl (C=O) groups is 1. The zero-order valence-electron chi connectivity index (χ0n) is 13.3. The summed E-state index contributed by atoms with van der Waals surface area (Å²) >= 11 is 0. The molecule has 3 aromatic rings. The topological polar surface area (TPSA) is 66.6 Å². The van der Waals surface area contributed by atoms with Gasteiger partial charge in [0.1, 0.15) is 5.69 Å². The Morgan fingerprint density at radius 3 is 2.65 bits per heavy atom. The summed E-state index contributed by atoms with van der Waals surface area (Å²) in [6.45, 7) is 4.17. The van der Waals surface area contributed by atoms with Gasteiger partial charge in [0.05, 0.1) is 23.0 Å². The van der Waals surface area contributed by atoms with E-state index in [9.17, 15) is 4.79 Å². The molecule has 0 fully saturated rings. The number of hydrogen-bond donors (Lipinski definition) is 1. The molecule has 0 amide bonds. The van der Waals surface area contributed by atoms with Crippen LogP contribution in [0, 0.1) is 0 Å². The number of fused-ring (bicyclic) bond motifs is 1. The normalized spacial score (nSPS) is 11.1. The number of aromatic nitrogens is 1. The zero-order valence-corrected chi connectivity index (χ0v) is 13.3. The van der Waals surface area contributed by atoms with Gasteiger partial charge in [-0.05, 0) is 50.2 Å². The fourth-order valence-corrected chi connectivity index (χ4v) is 2.44. The van der Waals surface area contributed by atoms with Crippen molar-refractivity contribution in [2.24, 2.45) is 0 Å². The number of anilines is 1. The van der Waals surface area contributed by atoms with E-state index in [-0.39, 0.29) is 11.6 Å². The van der Waals surface area contributed by atoms with Crippen molar-refractivity contribution in [3.8, 4) is 11.5 Å². The third-order valence-electron chi connectivity index (χ3n) is 3.95. The van der Waals surface area contributed by atoms with E-state index in [1.54, 1.807) is 24.5 Å². The fourth-order valence-electron chi connectivity index (χ4n) is 2.44. The number of carboxylic acid groups (broad SMARTS) is 1. The molecule has 0 unspecified atom stereocenters. The molecule has 0 aliphatic heterocycles. The van der Waals surface area contributed by atoms with E-state index >= 15 is 0 Å². The molecule has 5 nitrogen and oxygen atoms in total. The highest BCUT2D eigenvalue weighted by Crippen LogP contribution is 2.33. The molecule has 5 heteroatoms. The van der Waals surface area contributed by atoms with Gasteiger partial charge < -0.3 is 14.4 Å². The van der Waals surface area contributed by atoms with E-state index in [0.717, 1.165) is 22.3 Å². The lowest BCUT2D eigenvalue weighted by atomic mass is 10.1. The maximum Gasteiger partial charge on any atom is 0.335 e. The van der Waals surface area contributed by atoms with Crippen molar-refractivity contribution in [3.63, 3.8) is 0 Å². The second-order valence-corrected chi connectivity index (χ2v) is 5.75. The van der Waals surface area contributed by atoms with Crippen molar-refractivity contribution < 1.29 is 14.3 Å². The van der Waals surface area contributed by atoms with Crippen LogP contribution in [0.5, 0.6) is 0 Å². The average Bonchev–Trinajstić information content (AvgIpc) is 3.06. The monoisotopic (exact) mass is 310 g/mol. The van der Waals surface area contributed by atoms with Crippen LogP contribution >= 0.6 is 0 Å². The molecular weight excluding hydrogens is 292 g/mol. The average molecular weight is 310 g/mol. The number of benzene rings is 1. The van der Waals surface area contributed by atoms with Crippen LogP contribution in [0.25, 0.3) is 22.4 Å². The maximum atomic E-state index is 11.2. The van der Waals surface area contributed by atoms with Gasteiger partial charge in [0.25, 0.3) is 0 Å². The molecule has 1 N–H and O–H groups in total. The summed E-state index contributed by atoms with van der Waals surface area (Å²) in [6, 6.07) is 10.9. The molecule has 0 atom stereocenters. The Morgan fingerprint density at radius 1 is 1.26 bits per heavy atom. The number of aromatic carboxylic acids is 1. The fraction of sp³-hybridized carbons (Fsp3) is 0.222. The molecule has 1 aromatic carbocycles. The molecule has 0 bridgehead atoms. The Kier molecular flexibility index (Phi) is 3.78. The summed E-state index contributed by atoms with van der Waals surface area (Å²) in [4.78, 5) is 18.0. The lowest BCUT2D eigenvalue weighted by molar-refractivity contribution is 0.0697. The molecule has 0 saturated heterocycles. The van der Waals surface area contributed by atoms with Gasteiger partial charge in [-0.2, -0.15) is 0 Å². The van der Waals surface area contributed by atoms with Gasteiger partial charge in [-0.25, -0.2) is 9.78 Å². The van der Waals surface area contributed by atoms with E-state index in [2.05, 4.69) is 18.7 Å². The van der Waals surface area contributed by atoms with Gasteiger partial charge in [0.2, 0.25) is 0 Å². The van der Waals surface area contributed by atoms with Crippen molar-refractivity contribution in [1.82, 2.24) is 4.98 Å². The van der Waals surface area contributed by atoms with Crippen molar-refractivity contribution >= 4 is 22.6 Å². The van der Waals surface area contributed by atoms with Gasteiger partial charge in [-0.1, -0.05) is 0 Å². The Balaban J connectivity index is 2.26. The van der Waals surface area contributed by atoms with Gasteiger partial charge in [-0.15, -0.1) is 0 Å². The van der Waals surface area contributed by atoms with Gasteiger partial charge in [0.15, 0.2) is 5.76 Å². The summed E-state index contributed by atoms with van der Waals surface area (Å²) in [6.07, 6.45) is 1.62. The van der Waals surface area contributed by atoms with Crippen molar-refractivity contribution in [1.29, 1.82) is 0 Å². The quantitative estimate of drug-likeness (QED) is 0.788. The summed E-state index contributed by atoms with van der Waals surface area (Å²) in [5.41, 5.74) is 2.65. The first-order valence-electron chi connectivity index (χ1n) is 7.42. The molecule has 0 radical (unpaired) electrons. The Bertz CT molecular complexity index is 854. The molecule has 2 heterocycles. The second kappa shape index (κ2) is 5.76. The standard InChI is InChI=1S/C18H18N2O3/c1-11(2)20(3)15-10-13-9-12(18(21)22)6-7-14(13)19-17(15)16-5-4-8-23-16/h4-11H,1-3H3,(H,21,22). The first-order valence-corrected chi connectivity index (χ1v) is 7.42. The largest absolute Gasteiger partial charge is 0.478 e. The Labute approximate surface area is 134 Å². The highest BCUT2D eigenvalue weighted by molar-refractivity contribution is 5.95. The SMILES string of the molecule is CC(C)N(C)c1cc2cc(C(=O)O)ccc2nc1-c1ccco1. The van der Waals surface area contributed by atoms with Crippen LogP contribution in [-0.2, 0) is 0 Å². The van der Waals surface area contributed by atoms with Crippen LogP contribution in [0.2, 0.25) is 0 Å². The predicted octanol–water partition coefficient (Wildman–Crippen LogP) is 4.04. The van der Waals surface area contributed by atoms with Gasteiger partial charge >= 0.3 is 5.97 Å². The van der Waals surface area contributed by atoms with E-state index < -0.39 is 5.97 Å². The van der Waals surface area contributed by atoms with Gasteiger partial charge in [0, 0.05) is 18.5 Å². The lowest BCUT2D eigenvalue weighted by Crippen LogP contribution is -2.26. The van der Waals surface area contributed by atoms with Crippen LogP contribution < -0.4 is 4.90 Å². The first-order chi connectivity index (χ1) is 11.0. The number of pyridine rings is 1. The minimum Gasteiger partial charge on any atom is -0.478 e. The number of carboxylic acids is 1. The van der Waals surface area contributed by atoms with Crippen molar-refractivity contribution in [3.05, 3.63) is 48.2 Å². The minimum absolute atomic E-state index is 0.253.